The van der Waals surface area contributed by atoms with Gasteiger partial charge in [0.25, 0.3) is 0 Å². The molecule has 0 spiro atoms. The van der Waals surface area contributed by atoms with E-state index in [1.54, 1.807) is 0 Å². The van der Waals surface area contributed by atoms with Gasteiger partial charge >= 0.3 is 0 Å². The van der Waals surface area contributed by atoms with Crippen molar-refractivity contribution in [2.24, 2.45) is 5.73 Å². The fourth-order valence-electron chi connectivity index (χ4n) is 1.03. The highest BCUT2D eigenvalue weighted by molar-refractivity contribution is 7.57. The maximum absolute atomic E-state index is 10.6. The zero-order chi connectivity index (χ0) is 12.9. The minimum absolute atomic E-state index is 0.237. The van der Waals surface area contributed by atoms with Gasteiger partial charge < -0.3 is 15.9 Å². The van der Waals surface area contributed by atoms with Crippen LogP contribution in [0.25, 0.3) is 0 Å². The smallest absolute Gasteiger partial charge is 0.210 e. The lowest BCUT2D eigenvalue weighted by Gasteiger charge is -2.04. The van der Waals surface area contributed by atoms with Crippen LogP contribution in [0.3, 0.4) is 0 Å². The third-order valence-electron chi connectivity index (χ3n) is 1.89. The summed E-state index contributed by atoms with van der Waals surface area (Å²) in [5, 5.41) is 2.86. The Balaban J connectivity index is 0. The average Bonchev–Trinajstić information content (AvgIpc) is 2.18. The van der Waals surface area contributed by atoms with Crippen LogP contribution in [-0.2, 0) is 4.57 Å². The summed E-state index contributed by atoms with van der Waals surface area (Å²) in [7, 11) is -2.81. The lowest BCUT2D eigenvalue weighted by atomic mass is 10.2. The molecule has 5 heteroatoms. The van der Waals surface area contributed by atoms with Gasteiger partial charge in [0, 0.05) is 6.66 Å². The predicted molar refractivity (Wildman–Crippen MR) is 72.1 cm³/mol. The molecule has 0 saturated carbocycles. The molecule has 0 bridgehead atoms. The van der Waals surface area contributed by atoms with Gasteiger partial charge in [0.2, 0.25) is 7.37 Å². The molecule has 4 N–H and O–H groups in total. The molecule has 0 aromatic rings. The number of nitrogens with two attached hydrogens (primary N) is 1. The quantitative estimate of drug-likeness (QED) is 0.458. The lowest BCUT2D eigenvalue weighted by Crippen LogP contribution is -2.15. The summed E-state index contributed by atoms with van der Waals surface area (Å²) in [5.74, 6) is 0. The van der Waals surface area contributed by atoms with Crippen LogP contribution in [0.15, 0.2) is 0 Å². The Morgan fingerprint density at radius 3 is 2.19 bits per heavy atom. The molecule has 0 aromatic heterocycles. The van der Waals surface area contributed by atoms with Gasteiger partial charge in [-0.1, -0.05) is 33.1 Å². The van der Waals surface area contributed by atoms with E-state index < -0.39 is 7.37 Å². The molecule has 0 heterocycles. The van der Waals surface area contributed by atoms with Crippen molar-refractivity contribution in [2.45, 2.75) is 46.0 Å². The number of nitrogens with one attached hydrogen (secondary N) is 1. The van der Waals surface area contributed by atoms with Crippen LogP contribution in [0, 0.1) is 0 Å². The maximum atomic E-state index is 10.6. The summed E-state index contributed by atoms with van der Waals surface area (Å²) in [6, 6.07) is 0. The first-order valence-electron chi connectivity index (χ1n) is 6.18. The van der Waals surface area contributed by atoms with E-state index >= 15 is 0 Å². The maximum Gasteiger partial charge on any atom is 0.210 e. The third-order valence-corrected chi connectivity index (χ3v) is 2.70. The Kier molecular flexibility index (Phi) is 15.2. The first kappa shape index (κ1) is 18.5. The van der Waals surface area contributed by atoms with E-state index in [4.69, 9.17) is 10.6 Å². The number of unbranched alkanes of at least 4 members (excludes halogenated alkanes) is 3. The molecule has 0 rings (SSSR count). The molecule has 1 atom stereocenters. The molecule has 0 aliphatic heterocycles. The Labute approximate surface area is 100 Å². The second kappa shape index (κ2) is 13.2. The van der Waals surface area contributed by atoms with Crippen molar-refractivity contribution in [1.29, 1.82) is 0 Å². The summed E-state index contributed by atoms with van der Waals surface area (Å²) < 4.78 is 10.6. The van der Waals surface area contributed by atoms with Gasteiger partial charge in [0.1, 0.15) is 0 Å². The van der Waals surface area contributed by atoms with Gasteiger partial charge in [-0.25, -0.2) is 0 Å². The van der Waals surface area contributed by atoms with E-state index in [1.165, 1.54) is 32.3 Å². The van der Waals surface area contributed by atoms with E-state index in [0.29, 0.717) is 0 Å². The Hall–Kier alpha value is 0.110. The van der Waals surface area contributed by atoms with Crippen LogP contribution in [0.2, 0.25) is 0 Å². The highest BCUT2D eigenvalue weighted by Crippen LogP contribution is 2.32. The van der Waals surface area contributed by atoms with Crippen LogP contribution >= 0.6 is 7.37 Å². The van der Waals surface area contributed by atoms with Crippen molar-refractivity contribution in [2.75, 3.05) is 26.0 Å². The normalized spacial score (nSPS) is 13.8. The second-order valence-corrected chi connectivity index (χ2v) is 6.48. The van der Waals surface area contributed by atoms with Gasteiger partial charge in [-0.15, -0.1) is 0 Å². The molecule has 0 radical (unpaired) electrons. The van der Waals surface area contributed by atoms with Crippen LogP contribution in [0.1, 0.15) is 46.0 Å². The van der Waals surface area contributed by atoms with Crippen molar-refractivity contribution in [3.8, 4) is 0 Å². The monoisotopic (exact) mass is 252 g/mol. The molecule has 1 unspecified atom stereocenters. The SMILES string of the molecule is CCCCCCN.CCCNCP(C)(=O)O. The van der Waals surface area contributed by atoms with E-state index in [1.807, 2.05) is 6.92 Å². The number of hydrogen-bond donors (Lipinski definition) is 3. The highest BCUT2D eigenvalue weighted by Gasteiger charge is 2.06. The summed E-state index contributed by atoms with van der Waals surface area (Å²) >= 11 is 0. The van der Waals surface area contributed by atoms with Crippen LogP contribution in [0.4, 0.5) is 0 Å². The van der Waals surface area contributed by atoms with Crippen molar-refractivity contribution in [3.63, 3.8) is 0 Å². The van der Waals surface area contributed by atoms with Crippen molar-refractivity contribution in [3.05, 3.63) is 0 Å². The molecule has 16 heavy (non-hydrogen) atoms. The minimum Gasteiger partial charge on any atom is -0.344 e. The molecule has 0 saturated heterocycles. The first-order chi connectivity index (χ1) is 7.47. The fraction of sp³-hybridized carbons (Fsp3) is 1.00. The van der Waals surface area contributed by atoms with Crippen LogP contribution < -0.4 is 11.1 Å². The van der Waals surface area contributed by atoms with Gasteiger partial charge in [0.15, 0.2) is 0 Å². The average molecular weight is 252 g/mol. The van der Waals surface area contributed by atoms with Gasteiger partial charge in [-0.3, -0.25) is 4.57 Å². The largest absolute Gasteiger partial charge is 0.344 e. The third kappa shape index (κ3) is 23.7. The zero-order valence-electron chi connectivity index (χ0n) is 11.0. The topological polar surface area (TPSA) is 75.3 Å². The Bertz CT molecular complexity index is 167. The minimum atomic E-state index is -2.81. The molecule has 100 valence electrons. The van der Waals surface area contributed by atoms with Gasteiger partial charge in [-0.2, -0.15) is 0 Å². The van der Waals surface area contributed by atoms with Crippen LogP contribution in [0.5, 0.6) is 0 Å². The molecular weight excluding hydrogens is 223 g/mol. The van der Waals surface area contributed by atoms with E-state index in [2.05, 4.69) is 12.2 Å². The van der Waals surface area contributed by atoms with E-state index in [0.717, 1.165) is 19.5 Å². The molecule has 0 aromatic carbocycles. The highest BCUT2D eigenvalue weighted by atomic mass is 31.2. The Morgan fingerprint density at radius 2 is 1.81 bits per heavy atom. The summed E-state index contributed by atoms with van der Waals surface area (Å²) in [6.07, 6.45) is 6.40. The first-order valence-corrected chi connectivity index (χ1v) is 8.47. The fourth-order valence-corrected chi connectivity index (χ4v) is 1.61. The van der Waals surface area contributed by atoms with E-state index in [9.17, 15) is 4.57 Å². The van der Waals surface area contributed by atoms with Gasteiger partial charge in [0.05, 0.1) is 6.29 Å². The molecule has 0 fully saturated rings. The zero-order valence-corrected chi connectivity index (χ0v) is 11.9. The van der Waals surface area contributed by atoms with Crippen molar-refractivity contribution in [1.82, 2.24) is 5.32 Å². The standard InChI is InChI=1S/C6H15N.C5H14NO2P/c1-2-3-4-5-6-7;1-3-4-6-5-9(2,7)8/h2-7H2,1H3;6H,3-5H2,1-2H3,(H,7,8). The Morgan fingerprint density at radius 1 is 1.19 bits per heavy atom. The molecule has 0 amide bonds. The lowest BCUT2D eigenvalue weighted by molar-refractivity contribution is 0.478. The molecule has 0 aliphatic carbocycles. The predicted octanol–water partition coefficient (Wildman–Crippen LogP) is 2.37. The van der Waals surface area contributed by atoms with Crippen molar-refractivity contribution < 1.29 is 9.46 Å². The second-order valence-electron chi connectivity index (χ2n) is 4.06. The number of hydrogen-bond acceptors (Lipinski definition) is 3. The van der Waals surface area contributed by atoms with Crippen LogP contribution in [-0.4, -0.2) is 30.9 Å². The summed E-state index contributed by atoms with van der Waals surface area (Å²) in [5.41, 5.74) is 5.27. The number of rotatable bonds is 8. The van der Waals surface area contributed by atoms with Gasteiger partial charge in [-0.05, 0) is 25.9 Å². The molecular formula is C11H29N2O2P. The van der Waals surface area contributed by atoms with Crippen molar-refractivity contribution >= 4 is 7.37 Å². The molecule has 0 aliphatic rings. The molecule has 4 nitrogen and oxygen atoms in total. The summed E-state index contributed by atoms with van der Waals surface area (Å²) in [6.45, 7) is 7.26. The summed E-state index contributed by atoms with van der Waals surface area (Å²) in [4.78, 5) is 8.74. The van der Waals surface area contributed by atoms with E-state index in [-0.39, 0.29) is 6.29 Å².